The molecule has 0 heterocycles. The minimum absolute atomic E-state index is 0.0816. The van der Waals surface area contributed by atoms with Gasteiger partial charge in [0, 0.05) is 5.38 Å². The van der Waals surface area contributed by atoms with Gasteiger partial charge in [0.05, 0.1) is 0 Å². The zero-order chi connectivity index (χ0) is 11.4. The Morgan fingerprint density at radius 2 is 1.87 bits per heavy atom. The van der Waals surface area contributed by atoms with Gasteiger partial charge in [-0.3, -0.25) is 0 Å². The average molecular weight is 233 g/mol. The third-order valence-corrected chi connectivity index (χ3v) is 3.14. The van der Waals surface area contributed by atoms with Gasteiger partial charge >= 0.3 is 0 Å². The van der Waals surface area contributed by atoms with Crippen LogP contribution in [0.4, 0.5) is 8.78 Å². The van der Waals surface area contributed by atoms with Crippen LogP contribution in [0.5, 0.6) is 0 Å². The molecule has 15 heavy (non-hydrogen) atoms. The van der Waals surface area contributed by atoms with Gasteiger partial charge in [-0.1, -0.05) is 19.9 Å². The first-order valence-corrected chi connectivity index (χ1v) is 5.52. The second kappa shape index (κ2) is 5.45. The molecular formula is C12H15ClF2. The summed E-state index contributed by atoms with van der Waals surface area (Å²) < 4.78 is 25.5. The number of alkyl halides is 1. The number of hydrogen-bond acceptors (Lipinski definition) is 0. The van der Waals surface area contributed by atoms with Crippen molar-refractivity contribution in [3.63, 3.8) is 0 Å². The average Bonchev–Trinajstić information content (AvgIpc) is 2.19. The predicted molar refractivity (Wildman–Crippen MR) is 59.2 cm³/mol. The second-order valence-electron chi connectivity index (χ2n) is 4.05. The van der Waals surface area contributed by atoms with Crippen molar-refractivity contribution < 1.29 is 8.78 Å². The molecule has 3 heteroatoms. The molecule has 0 aliphatic carbocycles. The van der Waals surface area contributed by atoms with Crippen LogP contribution >= 0.6 is 11.6 Å². The number of rotatable bonds is 4. The Morgan fingerprint density at radius 1 is 1.20 bits per heavy atom. The highest BCUT2D eigenvalue weighted by atomic mass is 35.5. The maximum absolute atomic E-state index is 12.9. The Labute approximate surface area is 94.3 Å². The van der Waals surface area contributed by atoms with Crippen LogP contribution in [0.3, 0.4) is 0 Å². The van der Waals surface area contributed by atoms with E-state index < -0.39 is 11.6 Å². The lowest BCUT2D eigenvalue weighted by Crippen LogP contribution is -2.08. The molecule has 1 atom stereocenters. The molecule has 0 aliphatic rings. The molecular weight excluding hydrogens is 218 g/mol. The van der Waals surface area contributed by atoms with Gasteiger partial charge in [-0.25, -0.2) is 8.78 Å². The smallest absolute Gasteiger partial charge is 0.159 e. The first-order valence-electron chi connectivity index (χ1n) is 5.08. The molecule has 0 bridgehead atoms. The zero-order valence-corrected chi connectivity index (χ0v) is 9.69. The van der Waals surface area contributed by atoms with E-state index in [-0.39, 0.29) is 5.38 Å². The molecule has 1 unspecified atom stereocenters. The topological polar surface area (TPSA) is 0 Å². The lowest BCUT2D eigenvalue weighted by Gasteiger charge is -2.12. The van der Waals surface area contributed by atoms with Crippen molar-refractivity contribution in [1.82, 2.24) is 0 Å². The summed E-state index contributed by atoms with van der Waals surface area (Å²) in [5, 5.41) is 0.0816. The minimum atomic E-state index is -0.801. The van der Waals surface area contributed by atoms with E-state index in [9.17, 15) is 8.78 Å². The Hall–Kier alpha value is -0.630. The number of halogens is 3. The summed E-state index contributed by atoms with van der Waals surface area (Å²) in [6.07, 6.45) is 1.47. The first kappa shape index (κ1) is 12.4. The first-order chi connectivity index (χ1) is 7.00. The van der Waals surface area contributed by atoms with Crippen molar-refractivity contribution in [3.8, 4) is 0 Å². The number of hydrogen-bond donors (Lipinski definition) is 0. The fourth-order valence-corrected chi connectivity index (χ4v) is 1.44. The maximum Gasteiger partial charge on any atom is 0.159 e. The highest BCUT2D eigenvalue weighted by Crippen LogP contribution is 2.17. The van der Waals surface area contributed by atoms with Crippen molar-refractivity contribution in [1.29, 1.82) is 0 Å². The normalized spacial score (nSPS) is 13.2. The molecule has 0 nitrogen and oxygen atoms in total. The molecule has 0 N–H and O–H groups in total. The van der Waals surface area contributed by atoms with E-state index in [1.54, 1.807) is 6.07 Å². The molecule has 0 spiro atoms. The van der Waals surface area contributed by atoms with E-state index in [4.69, 9.17) is 11.6 Å². The van der Waals surface area contributed by atoms with Crippen LogP contribution in [-0.2, 0) is 6.42 Å². The molecule has 0 radical (unpaired) electrons. The predicted octanol–water partition coefficient (Wildman–Crippen LogP) is 4.16. The maximum atomic E-state index is 12.9. The van der Waals surface area contributed by atoms with Crippen LogP contribution in [0.2, 0.25) is 0 Å². The molecule has 0 saturated heterocycles. The summed E-state index contributed by atoms with van der Waals surface area (Å²) in [4.78, 5) is 0. The molecule has 0 aromatic heterocycles. The quantitative estimate of drug-likeness (QED) is 0.684. The van der Waals surface area contributed by atoms with Crippen LogP contribution in [-0.4, -0.2) is 5.38 Å². The van der Waals surface area contributed by atoms with Gasteiger partial charge < -0.3 is 0 Å². The lowest BCUT2D eigenvalue weighted by molar-refractivity contribution is 0.505. The SMILES string of the molecule is CC(C)C(Cl)CCc1ccc(F)c(F)c1. The Balaban J connectivity index is 2.55. The number of benzene rings is 1. The molecule has 84 valence electrons. The highest BCUT2D eigenvalue weighted by molar-refractivity contribution is 6.20. The summed E-state index contributed by atoms with van der Waals surface area (Å²) in [6, 6.07) is 3.99. The Bertz CT molecular complexity index is 323. The van der Waals surface area contributed by atoms with Gasteiger partial charge in [0.2, 0.25) is 0 Å². The summed E-state index contributed by atoms with van der Waals surface area (Å²) >= 11 is 6.07. The molecule has 1 rings (SSSR count). The van der Waals surface area contributed by atoms with Crippen LogP contribution < -0.4 is 0 Å². The van der Waals surface area contributed by atoms with Gasteiger partial charge in [0.1, 0.15) is 0 Å². The summed E-state index contributed by atoms with van der Waals surface area (Å²) in [5.41, 5.74) is 0.792. The van der Waals surface area contributed by atoms with Crippen molar-refractivity contribution in [2.75, 3.05) is 0 Å². The summed E-state index contributed by atoms with van der Waals surface area (Å²) in [6.45, 7) is 4.09. The standard InChI is InChI=1S/C12H15ClF2/c1-8(2)10(13)5-3-9-4-6-11(14)12(15)7-9/h4,6-8,10H,3,5H2,1-2H3. The van der Waals surface area contributed by atoms with Gasteiger partial charge in [0.15, 0.2) is 11.6 Å². The van der Waals surface area contributed by atoms with Gasteiger partial charge in [-0.15, -0.1) is 11.6 Å². The van der Waals surface area contributed by atoms with E-state index in [1.807, 2.05) is 13.8 Å². The van der Waals surface area contributed by atoms with Gasteiger partial charge in [-0.05, 0) is 36.5 Å². The van der Waals surface area contributed by atoms with Crippen molar-refractivity contribution >= 4 is 11.6 Å². The van der Waals surface area contributed by atoms with Crippen molar-refractivity contribution in [2.24, 2.45) is 5.92 Å². The third kappa shape index (κ3) is 3.78. The fraction of sp³-hybridized carbons (Fsp3) is 0.500. The van der Waals surface area contributed by atoms with E-state index in [0.717, 1.165) is 18.1 Å². The Morgan fingerprint density at radius 3 is 2.40 bits per heavy atom. The van der Waals surface area contributed by atoms with Crippen molar-refractivity contribution in [2.45, 2.75) is 32.1 Å². The van der Waals surface area contributed by atoms with Crippen molar-refractivity contribution in [3.05, 3.63) is 35.4 Å². The number of aryl methyl sites for hydroxylation is 1. The fourth-order valence-electron chi connectivity index (χ4n) is 1.33. The van der Waals surface area contributed by atoms with E-state index in [0.29, 0.717) is 12.3 Å². The summed E-state index contributed by atoms with van der Waals surface area (Å²) in [7, 11) is 0. The molecule has 0 amide bonds. The van der Waals surface area contributed by atoms with Gasteiger partial charge in [-0.2, -0.15) is 0 Å². The largest absolute Gasteiger partial charge is 0.204 e. The molecule has 0 saturated carbocycles. The lowest BCUT2D eigenvalue weighted by atomic mass is 10.0. The van der Waals surface area contributed by atoms with E-state index in [1.165, 1.54) is 6.07 Å². The molecule has 1 aromatic rings. The Kier molecular flexibility index (Phi) is 4.52. The van der Waals surface area contributed by atoms with E-state index in [2.05, 4.69) is 0 Å². The highest BCUT2D eigenvalue weighted by Gasteiger charge is 2.10. The monoisotopic (exact) mass is 232 g/mol. The molecule has 1 aromatic carbocycles. The minimum Gasteiger partial charge on any atom is -0.204 e. The third-order valence-electron chi connectivity index (χ3n) is 2.42. The second-order valence-corrected chi connectivity index (χ2v) is 4.61. The van der Waals surface area contributed by atoms with Crippen LogP contribution in [0.15, 0.2) is 18.2 Å². The molecule has 0 fully saturated rings. The van der Waals surface area contributed by atoms with Crippen LogP contribution in [0.1, 0.15) is 25.8 Å². The summed E-state index contributed by atoms with van der Waals surface area (Å²) in [5.74, 6) is -1.19. The molecule has 0 aliphatic heterocycles. The van der Waals surface area contributed by atoms with Crippen LogP contribution in [0, 0.1) is 17.6 Å². The van der Waals surface area contributed by atoms with E-state index >= 15 is 0 Å². The van der Waals surface area contributed by atoms with Gasteiger partial charge in [0.25, 0.3) is 0 Å². The van der Waals surface area contributed by atoms with Crippen LogP contribution in [0.25, 0.3) is 0 Å². The zero-order valence-electron chi connectivity index (χ0n) is 8.93.